The summed E-state index contributed by atoms with van der Waals surface area (Å²) in [6.45, 7) is 4.73. The van der Waals surface area contributed by atoms with E-state index in [2.05, 4.69) is 19.6 Å². The zero-order valence-corrected chi connectivity index (χ0v) is 8.14. The van der Waals surface area contributed by atoms with Crippen LogP contribution >= 0.6 is 12.6 Å². The van der Waals surface area contributed by atoms with Crippen LogP contribution in [0, 0.1) is 5.92 Å². The predicted octanol–water partition coefficient (Wildman–Crippen LogP) is 1.13. The van der Waals surface area contributed by atoms with Gasteiger partial charge in [0.2, 0.25) is 0 Å². The number of hydrogen-bond donors (Lipinski definition) is 3. The first-order chi connectivity index (χ1) is 5.13. The van der Waals surface area contributed by atoms with E-state index in [1.165, 1.54) is 0 Å². The van der Waals surface area contributed by atoms with E-state index in [4.69, 9.17) is 11.5 Å². The largest absolute Gasteiger partial charge is 0.330 e. The van der Waals surface area contributed by atoms with E-state index in [-0.39, 0.29) is 6.04 Å². The highest BCUT2D eigenvalue weighted by Gasteiger charge is 2.12. The fourth-order valence-corrected chi connectivity index (χ4v) is 1.18. The summed E-state index contributed by atoms with van der Waals surface area (Å²) in [6.07, 6.45) is 2.89. The Balaban J connectivity index is 3.91. The van der Waals surface area contributed by atoms with Crippen molar-refractivity contribution in [3.05, 3.63) is 11.0 Å². The average molecular weight is 174 g/mol. The average Bonchev–Trinajstić information content (AvgIpc) is 2.02. The predicted molar refractivity (Wildman–Crippen MR) is 53.6 cm³/mol. The van der Waals surface area contributed by atoms with Gasteiger partial charge in [-0.3, -0.25) is 0 Å². The maximum Gasteiger partial charge on any atom is 0.0375 e. The number of allylic oxidation sites excluding steroid dienone is 1. The van der Waals surface area contributed by atoms with Crippen molar-refractivity contribution in [2.45, 2.75) is 26.3 Å². The molecule has 11 heavy (non-hydrogen) atoms. The van der Waals surface area contributed by atoms with Gasteiger partial charge in [-0.2, -0.15) is 0 Å². The van der Waals surface area contributed by atoms with Crippen molar-refractivity contribution in [2.24, 2.45) is 17.4 Å². The fraction of sp³-hybridized carbons (Fsp3) is 0.750. The number of nitrogens with two attached hydrogens (primary N) is 2. The second-order valence-electron chi connectivity index (χ2n) is 2.79. The van der Waals surface area contributed by atoms with E-state index in [1.54, 1.807) is 0 Å². The number of rotatable bonds is 4. The Morgan fingerprint density at radius 2 is 2.18 bits per heavy atom. The third-order valence-electron chi connectivity index (χ3n) is 1.87. The van der Waals surface area contributed by atoms with Crippen molar-refractivity contribution < 1.29 is 0 Å². The molecule has 0 saturated carbocycles. The maximum atomic E-state index is 5.86. The highest BCUT2D eigenvalue weighted by Crippen LogP contribution is 2.15. The van der Waals surface area contributed by atoms with Crippen LogP contribution in [0.1, 0.15) is 20.3 Å². The topological polar surface area (TPSA) is 52.0 Å². The Hall–Kier alpha value is 0.01000. The normalized spacial score (nSPS) is 18.1. The maximum absolute atomic E-state index is 5.86. The third-order valence-corrected chi connectivity index (χ3v) is 2.43. The zero-order valence-electron chi connectivity index (χ0n) is 7.25. The molecule has 0 amide bonds. The van der Waals surface area contributed by atoms with Crippen LogP contribution in [0.2, 0.25) is 0 Å². The lowest BCUT2D eigenvalue weighted by molar-refractivity contribution is 0.483. The SMILES string of the molecule is C/C=C(\S)C(N)C(C)CCN. The molecule has 0 heterocycles. The van der Waals surface area contributed by atoms with Gasteiger partial charge in [-0.05, 0) is 30.7 Å². The highest BCUT2D eigenvalue weighted by molar-refractivity contribution is 7.84. The van der Waals surface area contributed by atoms with Crippen molar-refractivity contribution >= 4 is 12.6 Å². The van der Waals surface area contributed by atoms with Crippen LogP contribution in [0.5, 0.6) is 0 Å². The second-order valence-corrected chi connectivity index (χ2v) is 3.31. The van der Waals surface area contributed by atoms with E-state index in [0.717, 1.165) is 11.3 Å². The van der Waals surface area contributed by atoms with Crippen molar-refractivity contribution in [1.29, 1.82) is 0 Å². The van der Waals surface area contributed by atoms with Gasteiger partial charge in [0.05, 0.1) is 0 Å². The number of hydrogen-bond acceptors (Lipinski definition) is 3. The van der Waals surface area contributed by atoms with Gasteiger partial charge in [0.15, 0.2) is 0 Å². The molecule has 0 aromatic carbocycles. The van der Waals surface area contributed by atoms with E-state index in [1.807, 2.05) is 13.0 Å². The van der Waals surface area contributed by atoms with Gasteiger partial charge >= 0.3 is 0 Å². The van der Waals surface area contributed by atoms with Gasteiger partial charge in [-0.25, -0.2) is 0 Å². The molecule has 0 aromatic rings. The van der Waals surface area contributed by atoms with Crippen LogP contribution in [0.25, 0.3) is 0 Å². The van der Waals surface area contributed by atoms with Crippen molar-refractivity contribution in [2.75, 3.05) is 6.54 Å². The second kappa shape index (κ2) is 5.63. The molecule has 0 saturated heterocycles. The van der Waals surface area contributed by atoms with Crippen LogP contribution in [0.15, 0.2) is 11.0 Å². The highest BCUT2D eigenvalue weighted by atomic mass is 32.1. The molecule has 4 N–H and O–H groups in total. The molecule has 0 aromatic heterocycles. The number of thiol groups is 1. The summed E-state index contributed by atoms with van der Waals surface area (Å²) in [4.78, 5) is 0.950. The summed E-state index contributed by atoms with van der Waals surface area (Å²) in [6, 6.07) is 0.0480. The summed E-state index contributed by atoms with van der Waals surface area (Å²) in [7, 11) is 0. The van der Waals surface area contributed by atoms with Gasteiger partial charge in [-0.15, -0.1) is 12.6 Å². The molecule has 2 unspecified atom stereocenters. The Morgan fingerprint density at radius 1 is 1.64 bits per heavy atom. The van der Waals surface area contributed by atoms with Crippen LogP contribution in [0.4, 0.5) is 0 Å². The smallest absolute Gasteiger partial charge is 0.0375 e. The van der Waals surface area contributed by atoms with Crippen molar-refractivity contribution in [3.63, 3.8) is 0 Å². The quantitative estimate of drug-likeness (QED) is 0.560. The first kappa shape index (κ1) is 11.0. The molecule has 3 heteroatoms. The van der Waals surface area contributed by atoms with Gasteiger partial charge in [-0.1, -0.05) is 13.0 Å². The third kappa shape index (κ3) is 3.79. The van der Waals surface area contributed by atoms with Crippen molar-refractivity contribution in [1.82, 2.24) is 0 Å². The molecule has 0 spiro atoms. The van der Waals surface area contributed by atoms with Gasteiger partial charge in [0, 0.05) is 6.04 Å². The minimum absolute atomic E-state index is 0.0480. The summed E-state index contributed by atoms with van der Waals surface area (Å²) >= 11 is 4.25. The Kier molecular flexibility index (Phi) is 5.64. The summed E-state index contributed by atoms with van der Waals surface area (Å²) < 4.78 is 0. The summed E-state index contributed by atoms with van der Waals surface area (Å²) in [5, 5.41) is 0. The van der Waals surface area contributed by atoms with Gasteiger partial charge in [0.1, 0.15) is 0 Å². The van der Waals surface area contributed by atoms with Gasteiger partial charge < -0.3 is 11.5 Å². The van der Waals surface area contributed by atoms with Gasteiger partial charge in [0.25, 0.3) is 0 Å². The van der Waals surface area contributed by atoms with E-state index >= 15 is 0 Å². The van der Waals surface area contributed by atoms with Crippen LogP contribution in [-0.4, -0.2) is 12.6 Å². The Labute approximate surface area is 74.4 Å². The monoisotopic (exact) mass is 174 g/mol. The molecular weight excluding hydrogens is 156 g/mol. The Bertz CT molecular complexity index is 134. The van der Waals surface area contributed by atoms with Crippen LogP contribution < -0.4 is 11.5 Å². The lowest BCUT2D eigenvalue weighted by Gasteiger charge is -2.18. The minimum Gasteiger partial charge on any atom is -0.330 e. The first-order valence-electron chi connectivity index (χ1n) is 3.94. The molecule has 0 rings (SSSR count). The lowest BCUT2D eigenvalue weighted by Crippen LogP contribution is -2.30. The zero-order chi connectivity index (χ0) is 8.85. The Morgan fingerprint density at radius 3 is 2.55 bits per heavy atom. The molecule has 0 fully saturated rings. The fourth-order valence-electron chi connectivity index (χ4n) is 0.926. The molecule has 66 valence electrons. The molecule has 0 aliphatic carbocycles. The van der Waals surface area contributed by atoms with Crippen LogP contribution in [-0.2, 0) is 0 Å². The van der Waals surface area contributed by atoms with Crippen LogP contribution in [0.3, 0.4) is 0 Å². The lowest BCUT2D eigenvalue weighted by atomic mass is 9.98. The standard InChI is InChI=1S/C8H18N2S/c1-3-7(11)8(10)6(2)4-5-9/h3,6,8,11H,4-5,9-10H2,1-2H3/b7-3-. The van der Waals surface area contributed by atoms with Crippen molar-refractivity contribution in [3.8, 4) is 0 Å². The molecule has 2 nitrogen and oxygen atoms in total. The minimum atomic E-state index is 0.0480. The van der Waals surface area contributed by atoms with E-state index < -0.39 is 0 Å². The van der Waals surface area contributed by atoms with E-state index in [9.17, 15) is 0 Å². The molecule has 0 aliphatic rings. The molecule has 0 aliphatic heterocycles. The summed E-state index contributed by atoms with van der Waals surface area (Å²) in [5.74, 6) is 0.420. The molecule has 2 atom stereocenters. The molecule has 0 bridgehead atoms. The summed E-state index contributed by atoms with van der Waals surface area (Å²) in [5.41, 5.74) is 11.3. The van der Waals surface area contributed by atoms with E-state index in [0.29, 0.717) is 12.5 Å². The molecular formula is C8H18N2S. The molecule has 0 radical (unpaired) electrons. The first-order valence-corrected chi connectivity index (χ1v) is 4.39.